The summed E-state index contributed by atoms with van der Waals surface area (Å²) in [5.41, 5.74) is 0.848. The minimum Gasteiger partial charge on any atom is -0.319 e. The molecule has 0 bridgehead atoms. The first-order chi connectivity index (χ1) is 22.1. The van der Waals surface area contributed by atoms with E-state index in [0.29, 0.717) is 30.8 Å². The Balaban J connectivity index is 1.64. The molecular formula is C33H20Br2ClN5O4S. The molecule has 46 heavy (non-hydrogen) atoms. The van der Waals surface area contributed by atoms with Gasteiger partial charge in [-0.15, -0.1) is 0 Å². The van der Waals surface area contributed by atoms with Crippen molar-refractivity contribution in [2.24, 2.45) is 0 Å². The Bertz CT molecular complexity index is 2160. The van der Waals surface area contributed by atoms with Crippen molar-refractivity contribution in [3.05, 3.63) is 138 Å². The molecule has 0 unspecified atom stereocenters. The second kappa shape index (κ2) is 13.1. The number of benzene rings is 4. The van der Waals surface area contributed by atoms with Crippen molar-refractivity contribution in [1.82, 2.24) is 15.0 Å². The number of carbonyl (C=O) groups excluding carboxylic acids is 3. The number of carbonyl (C=O) groups is 3. The summed E-state index contributed by atoms with van der Waals surface area (Å²) in [6.07, 6.45) is 0.971. The molecular weight excluding hydrogens is 758 g/mol. The lowest BCUT2D eigenvalue weighted by Gasteiger charge is -2.36. The van der Waals surface area contributed by atoms with E-state index >= 15 is 0 Å². The van der Waals surface area contributed by atoms with Crippen molar-refractivity contribution in [1.29, 1.82) is 0 Å². The zero-order valence-corrected chi connectivity index (χ0v) is 28.2. The number of nitrogens with one attached hydrogen (secondary N) is 1. The van der Waals surface area contributed by atoms with Crippen LogP contribution in [0.5, 0.6) is 0 Å². The summed E-state index contributed by atoms with van der Waals surface area (Å²) in [5, 5.41) is 4.03. The van der Waals surface area contributed by atoms with Crippen molar-refractivity contribution in [3.8, 4) is 0 Å². The van der Waals surface area contributed by atoms with Crippen LogP contribution in [0.2, 0.25) is 5.02 Å². The summed E-state index contributed by atoms with van der Waals surface area (Å²) >= 11 is 19.2. The summed E-state index contributed by atoms with van der Waals surface area (Å²) < 4.78 is 2.03. The largest absolute Gasteiger partial charge is 0.319 e. The average Bonchev–Trinajstić information content (AvgIpc) is 3.03. The van der Waals surface area contributed by atoms with Crippen LogP contribution in [0.25, 0.3) is 22.7 Å². The Morgan fingerprint density at radius 2 is 1.54 bits per heavy atom. The van der Waals surface area contributed by atoms with Gasteiger partial charge >= 0.3 is 0 Å². The normalized spacial score (nSPS) is 13.8. The number of hydrogen-bond acceptors (Lipinski definition) is 6. The van der Waals surface area contributed by atoms with Gasteiger partial charge in [0.25, 0.3) is 17.4 Å². The number of fused-ring (bicyclic) bond motifs is 1. The van der Waals surface area contributed by atoms with Crippen LogP contribution in [0.3, 0.4) is 0 Å². The zero-order valence-electron chi connectivity index (χ0n) is 23.5. The number of para-hydroxylation sites is 1. The summed E-state index contributed by atoms with van der Waals surface area (Å²) in [4.78, 5) is 61.0. The van der Waals surface area contributed by atoms with Crippen molar-refractivity contribution in [2.75, 3.05) is 9.91 Å². The molecule has 3 amide bonds. The smallest absolute Gasteiger partial charge is 0.281 e. The Labute approximate surface area is 289 Å². The molecule has 0 radical (unpaired) electrons. The third-order valence-electron chi connectivity index (χ3n) is 6.97. The number of anilines is 1. The number of nitrogens with zero attached hydrogens (tertiary/aromatic N) is 4. The summed E-state index contributed by atoms with van der Waals surface area (Å²) in [6.45, 7) is 0. The van der Waals surface area contributed by atoms with Gasteiger partial charge in [0.1, 0.15) is 6.42 Å². The van der Waals surface area contributed by atoms with Gasteiger partial charge in [-0.3, -0.25) is 24.1 Å². The van der Waals surface area contributed by atoms with E-state index in [0.717, 1.165) is 9.69 Å². The zero-order chi connectivity index (χ0) is 32.5. The molecule has 5 aromatic rings. The Morgan fingerprint density at radius 1 is 0.891 bits per heavy atom. The summed E-state index contributed by atoms with van der Waals surface area (Å²) in [7, 11) is 0. The van der Waals surface area contributed by atoms with Crippen LogP contribution in [0.4, 0.5) is 5.69 Å². The first-order valence-corrected chi connectivity index (χ1v) is 16.0. The number of thiocarbonyl (C=S) groups is 1. The van der Waals surface area contributed by atoms with E-state index in [-0.39, 0.29) is 27.5 Å². The SMILES string of the molecule is O=C(N/C(=C\c1ccccc1Cl)c1nc2c(Br)cc(Br)cc2c(=O)n1N1C(=O)CC(=O)N(c2ccccc2)C1=S)c1ccccc1. The molecule has 228 valence electrons. The molecule has 13 heteroatoms. The second-order valence-electron chi connectivity index (χ2n) is 9.97. The summed E-state index contributed by atoms with van der Waals surface area (Å²) in [5.74, 6) is -1.96. The highest BCUT2D eigenvalue weighted by Gasteiger charge is 2.39. The maximum absolute atomic E-state index is 14.5. The molecule has 1 saturated heterocycles. The predicted octanol–water partition coefficient (Wildman–Crippen LogP) is 6.69. The van der Waals surface area contributed by atoms with Crippen LogP contribution in [0, 0.1) is 0 Å². The summed E-state index contributed by atoms with van der Waals surface area (Å²) in [6, 6.07) is 27.2. The van der Waals surface area contributed by atoms with Gasteiger partial charge in [-0.05, 0) is 82.3 Å². The van der Waals surface area contributed by atoms with Crippen molar-refractivity contribution < 1.29 is 14.4 Å². The van der Waals surface area contributed by atoms with E-state index in [1.54, 1.807) is 103 Å². The predicted molar refractivity (Wildman–Crippen MR) is 189 cm³/mol. The molecule has 1 aromatic heterocycles. The highest BCUT2D eigenvalue weighted by molar-refractivity contribution is 9.11. The fourth-order valence-corrected chi connectivity index (χ4v) is 6.77. The molecule has 4 aromatic carbocycles. The van der Waals surface area contributed by atoms with E-state index in [4.69, 9.17) is 28.8 Å². The third kappa shape index (κ3) is 6.04. The second-order valence-corrected chi connectivity index (χ2v) is 12.5. The standard InChI is InChI=1S/C33H20Br2ClN5O4S/c34-21-16-23-29(24(35)17-21)38-30(26(15-20-11-7-8-14-25(20)36)37-31(44)19-9-3-1-4-10-19)41(32(23)45)40-28(43)18-27(42)39(33(40)46)22-12-5-2-6-13-22/h1-17H,18H2,(H,37,44)/b26-15-. The molecule has 1 aliphatic rings. The van der Waals surface area contributed by atoms with Crippen LogP contribution in [0.1, 0.15) is 28.2 Å². The first-order valence-electron chi connectivity index (χ1n) is 13.6. The van der Waals surface area contributed by atoms with Crippen LogP contribution in [-0.2, 0) is 9.59 Å². The van der Waals surface area contributed by atoms with Gasteiger partial charge in [0.05, 0.1) is 22.3 Å². The number of halogens is 3. The average molecular weight is 778 g/mol. The van der Waals surface area contributed by atoms with Gasteiger partial charge in [0, 0.05) is 19.5 Å². The van der Waals surface area contributed by atoms with E-state index in [9.17, 15) is 19.2 Å². The van der Waals surface area contributed by atoms with Crippen LogP contribution in [-0.4, -0.2) is 32.5 Å². The van der Waals surface area contributed by atoms with Crippen molar-refractivity contribution in [3.63, 3.8) is 0 Å². The third-order valence-corrected chi connectivity index (χ3v) is 8.74. The molecule has 1 N–H and O–H groups in total. The Kier molecular flexibility index (Phi) is 8.96. The fourth-order valence-electron chi connectivity index (χ4n) is 4.87. The highest BCUT2D eigenvalue weighted by Crippen LogP contribution is 2.29. The van der Waals surface area contributed by atoms with E-state index in [2.05, 4.69) is 37.2 Å². The monoisotopic (exact) mass is 775 g/mol. The minimum absolute atomic E-state index is 0.0366. The molecule has 0 spiro atoms. The Morgan fingerprint density at radius 3 is 2.24 bits per heavy atom. The topological polar surface area (TPSA) is 105 Å². The van der Waals surface area contributed by atoms with Gasteiger partial charge in [-0.1, -0.05) is 82.1 Å². The Hall–Kier alpha value is -4.49. The lowest BCUT2D eigenvalue weighted by atomic mass is 10.1. The molecule has 0 atom stereocenters. The quantitative estimate of drug-likeness (QED) is 0.152. The molecule has 9 nitrogen and oxygen atoms in total. The van der Waals surface area contributed by atoms with E-state index in [1.807, 2.05) is 0 Å². The van der Waals surface area contributed by atoms with Gasteiger partial charge in [0.15, 0.2) is 5.82 Å². The maximum Gasteiger partial charge on any atom is 0.281 e. The van der Waals surface area contributed by atoms with Crippen LogP contribution in [0.15, 0.2) is 111 Å². The number of hydrogen-bond donors (Lipinski definition) is 1. The van der Waals surface area contributed by atoms with Gasteiger partial charge < -0.3 is 5.32 Å². The van der Waals surface area contributed by atoms with Crippen LogP contribution >= 0.6 is 55.7 Å². The maximum atomic E-state index is 14.5. The van der Waals surface area contributed by atoms with E-state index < -0.39 is 29.7 Å². The lowest BCUT2D eigenvalue weighted by Crippen LogP contribution is -2.62. The lowest BCUT2D eigenvalue weighted by molar-refractivity contribution is -0.127. The molecule has 2 heterocycles. The highest BCUT2D eigenvalue weighted by atomic mass is 79.9. The van der Waals surface area contributed by atoms with Crippen LogP contribution < -0.4 is 20.8 Å². The number of rotatable bonds is 6. The van der Waals surface area contributed by atoms with Gasteiger partial charge in [-0.2, -0.15) is 9.69 Å². The number of amides is 3. The number of aromatic nitrogens is 2. The first kappa shape index (κ1) is 31.5. The molecule has 0 aliphatic carbocycles. The minimum atomic E-state index is -0.757. The molecule has 0 saturated carbocycles. The fraction of sp³-hybridized carbons (Fsp3) is 0.0303. The molecule has 1 fully saturated rings. The van der Waals surface area contributed by atoms with Crippen molar-refractivity contribution in [2.45, 2.75) is 6.42 Å². The van der Waals surface area contributed by atoms with Crippen molar-refractivity contribution >= 4 is 107 Å². The van der Waals surface area contributed by atoms with E-state index in [1.165, 1.54) is 4.90 Å². The van der Waals surface area contributed by atoms with Gasteiger partial charge in [0.2, 0.25) is 11.0 Å². The molecule has 1 aliphatic heterocycles. The van der Waals surface area contributed by atoms with Gasteiger partial charge in [-0.25, -0.2) is 4.98 Å². The molecule has 6 rings (SSSR count).